The number of rotatable bonds is 2. The third kappa shape index (κ3) is 3.06. The van der Waals surface area contributed by atoms with Gasteiger partial charge in [-0.25, -0.2) is 0 Å². The molecule has 70 valence electrons. The van der Waals surface area contributed by atoms with Gasteiger partial charge in [0.05, 0.1) is 0 Å². The molecule has 0 saturated carbocycles. The maximum absolute atomic E-state index is 10.9. The van der Waals surface area contributed by atoms with Crippen LogP contribution in [-0.2, 0) is 4.74 Å². The molecule has 0 aliphatic carbocycles. The zero-order chi connectivity index (χ0) is 9.68. The molecule has 13 heavy (non-hydrogen) atoms. The fourth-order valence-electron chi connectivity index (χ4n) is 0.796. The molecule has 0 aliphatic rings. The monoisotopic (exact) mass is 181 g/mol. The highest BCUT2D eigenvalue weighted by Gasteiger charge is 1.96. The highest BCUT2D eigenvalue weighted by molar-refractivity contribution is 5.60. The summed E-state index contributed by atoms with van der Waals surface area (Å²) in [6, 6.07) is 0. The Morgan fingerprint density at radius 3 is 3.15 bits per heavy atom. The van der Waals surface area contributed by atoms with E-state index in [0.29, 0.717) is 6.61 Å². The zero-order valence-corrected chi connectivity index (χ0v) is 7.60. The number of ether oxygens (including phenoxy) is 1. The van der Waals surface area contributed by atoms with Crippen molar-refractivity contribution in [2.24, 2.45) is 5.10 Å². The molecular formula is C8H11N3O2. The van der Waals surface area contributed by atoms with Crippen LogP contribution in [-0.4, -0.2) is 17.7 Å². The topological polar surface area (TPSA) is 61.4 Å². The normalized spacial score (nSPS) is 11.4. The van der Waals surface area contributed by atoms with Crippen molar-refractivity contribution in [1.29, 1.82) is 0 Å². The second-order valence-corrected chi connectivity index (χ2v) is 2.45. The van der Waals surface area contributed by atoms with E-state index in [1.807, 2.05) is 6.92 Å². The van der Waals surface area contributed by atoms with E-state index in [-0.39, 0.29) is 0 Å². The van der Waals surface area contributed by atoms with E-state index < -0.39 is 6.08 Å². The maximum atomic E-state index is 10.9. The predicted octanol–water partition coefficient (Wildman–Crippen LogP) is -0.807. The molecule has 1 aromatic rings. The standard InChI is InChI=1S/C8H11N3O2/c1-3-13-8(12)10-11-5-7(2)4-9-6-11/h4-6H,3H2,1-2H3. The molecule has 1 aromatic heterocycles. The van der Waals surface area contributed by atoms with Gasteiger partial charge in [0.2, 0.25) is 0 Å². The van der Waals surface area contributed by atoms with Crippen LogP contribution in [0.3, 0.4) is 0 Å². The van der Waals surface area contributed by atoms with Gasteiger partial charge in [-0.3, -0.25) is 0 Å². The zero-order valence-electron chi connectivity index (χ0n) is 7.60. The molecule has 1 heterocycles. The number of nitrogens with zero attached hydrogens (tertiary/aromatic N) is 3. The lowest BCUT2D eigenvalue weighted by atomic mass is 10.4. The summed E-state index contributed by atoms with van der Waals surface area (Å²) in [6.45, 7) is 3.92. The Morgan fingerprint density at radius 1 is 1.77 bits per heavy atom. The molecular weight excluding hydrogens is 170 g/mol. The summed E-state index contributed by atoms with van der Waals surface area (Å²) in [5.41, 5.74) is 0.926. The number of hydrogen-bond acceptors (Lipinski definition) is 4. The molecule has 5 heteroatoms. The Balaban J connectivity index is 2.78. The van der Waals surface area contributed by atoms with Crippen LogP contribution in [0.25, 0.3) is 0 Å². The summed E-state index contributed by atoms with van der Waals surface area (Å²) in [5.74, 6) is 0. The van der Waals surface area contributed by atoms with E-state index in [1.165, 1.54) is 11.0 Å². The summed E-state index contributed by atoms with van der Waals surface area (Å²) in [6.07, 6.45) is 4.19. The Kier molecular flexibility index (Phi) is 3.19. The largest absolute Gasteiger partial charge is 0.598 e. The molecule has 0 bridgehead atoms. The van der Waals surface area contributed by atoms with Crippen LogP contribution in [0.4, 0.5) is 0 Å². The first-order chi connectivity index (χ1) is 6.22. The average molecular weight is 181 g/mol. The van der Waals surface area contributed by atoms with Gasteiger partial charge in [-0.05, 0) is 13.5 Å². The van der Waals surface area contributed by atoms with E-state index in [0.717, 1.165) is 5.56 Å². The molecule has 0 unspecified atom stereocenters. The highest BCUT2D eigenvalue weighted by Crippen LogP contribution is 1.84. The van der Waals surface area contributed by atoms with Gasteiger partial charge in [0.15, 0.2) is 6.08 Å². The van der Waals surface area contributed by atoms with E-state index >= 15 is 0 Å². The second-order valence-electron chi connectivity index (χ2n) is 2.45. The first-order valence-electron chi connectivity index (χ1n) is 3.94. The van der Waals surface area contributed by atoms with Gasteiger partial charge < -0.3 is 9.84 Å². The Bertz CT molecular complexity index is 312. The minimum Gasteiger partial charge on any atom is -0.598 e. The minimum atomic E-state index is -0.611. The number of hydrogen-bond donors (Lipinski definition) is 0. The van der Waals surface area contributed by atoms with Crippen molar-refractivity contribution in [2.75, 3.05) is 6.61 Å². The van der Waals surface area contributed by atoms with Gasteiger partial charge in [-0.2, -0.15) is 0 Å². The molecule has 0 amide bonds. The summed E-state index contributed by atoms with van der Waals surface area (Å²) >= 11 is 0. The second kappa shape index (κ2) is 4.39. The van der Waals surface area contributed by atoms with E-state index in [1.54, 1.807) is 19.3 Å². The van der Waals surface area contributed by atoms with Gasteiger partial charge in [0, 0.05) is 5.56 Å². The number of aromatic nitrogens is 2. The highest BCUT2D eigenvalue weighted by atomic mass is 16.6. The van der Waals surface area contributed by atoms with Crippen LogP contribution in [0.15, 0.2) is 23.8 Å². The van der Waals surface area contributed by atoms with E-state index in [9.17, 15) is 5.11 Å². The Hall–Kier alpha value is -1.65. The molecule has 0 fully saturated rings. The van der Waals surface area contributed by atoms with Crippen LogP contribution < -0.4 is 9.78 Å². The summed E-state index contributed by atoms with van der Waals surface area (Å²) in [5, 5.41) is 14.5. The van der Waals surface area contributed by atoms with Gasteiger partial charge in [-0.1, -0.05) is 17.0 Å². The first kappa shape index (κ1) is 9.44. The van der Waals surface area contributed by atoms with Crippen LogP contribution in [0, 0.1) is 6.92 Å². The van der Waals surface area contributed by atoms with Crippen LogP contribution in [0.1, 0.15) is 12.5 Å². The Morgan fingerprint density at radius 2 is 2.54 bits per heavy atom. The van der Waals surface area contributed by atoms with Crippen molar-refractivity contribution in [3.63, 3.8) is 0 Å². The van der Waals surface area contributed by atoms with Crippen molar-refractivity contribution in [1.82, 2.24) is 4.98 Å². The third-order valence-corrected chi connectivity index (χ3v) is 1.26. The summed E-state index contributed by atoms with van der Waals surface area (Å²) < 4.78 is 5.96. The van der Waals surface area contributed by atoms with Crippen LogP contribution in [0.5, 0.6) is 0 Å². The quantitative estimate of drug-likeness (QED) is 0.340. The van der Waals surface area contributed by atoms with Gasteiger partial charge in [-0.15, -0.1) is 4.68 Å². The van der Waals surface area contributed by atoms with Crippen LogP contribution in [0.2, 0.25) is 0 Å². The average Bonchev–Trinajstić information content (AvgIpc) is 2.04. The molecule has 5 nitrogen and oxygen atoms in total. The fraction of sp³-hybridized carbons (Fsp3) is 0.375. The molecule has 0 aliphatic heterocycles. The van der Waals surface area contributed by atoms with Gasteiger partial charge in [0.1, 0.15) is 12.4 Å². The molecule has 0 spiro atoms. The van der Waals surface area contributed by atoms with Crippen molar-refractivity contribution in [3.05, 3.63) is 24.3 Å². The van der Waals surface area contributed by atoms with Crippen LogP contribution >= 0.6 is 0 Å². The van der Waals surface area contributed by atoms with Crippen molar-refractivity contribution < 1.29 is 14.5 Å². The van der Waals surface area contributed by atoms with Crippen molar-refractivity contribution in [3.8, 4) is 0 Å². The van der Waals surface area contributed by atoms with Crippen molar-refractivity contribution >= 4 is 6.08 Å². The Labute approximate surface area is 76.3 Å². The summed E-state index contributed by atoms with van der Waals surface area (Å²) in [4.78, 5) is 3.86. The molecule has 0 N–H and O–H groups in total. The fourth-order valence-corrected chi connectivity index (χ4v) is 0.796. The lowest BCUT2D eigenvalue weighted by Gasteiger charge is -2.07. The van der Waals surface area contributed by atoms with Crippen molar-refractivity contribution in [2.45, 2.75) is 13.8 Å². The van der Waals surface area contributed by atoms with Gasteiger partial charge >= 0.3 is 6.33 Å². The lowest BCUT2D eigenvalue weighted by molar-refractivity contribution is -0.686. The molecule has 1 rings (SSSR count). The SMILES string of the molecule is CCO/C([O-])=N/[n+]1cncc(C)c1. The third-order valence-electron chi connectivity index (χ3n) is 1.26. The lowest BCUT2D eigenvalue weighted by Crippen LogP contribution is -2.35. The molecule has 0 radical (unpaired) electrons. The molecule has 0 saturated heterocycles. The predicted molar refractivity (Wildman–Crippen MR) is 43.6 cm³/mol. The van der Waals surface area contributed by atoms with E-state index in [4.69, 9.17) is 0 Å². The number of aryl methyl sites for hydroxylation is 1. The van der Waals surface area contributed by atoms with E-state index in [2.05, 4.69) is 14.8 Å². The molecule has 0 aromatic carbocycles. The van der Waals surface area contributed by atoms with Gasteiger partial charge in [0.25, 0.3) is 0 Å². The first-order valence-corrected chi connectivity index (χ1v) is 3.94. The molecule has 0 atom stereocenters. The summed E-state index contributed by atoms with van der Waals surface area (Å²) in [7, 11) is 0. The minimum absolute atomic E-state index is 0.322. The smallest absolute Gasteiger partial charge is 0.311 e. The maximum Gasteiger partial charge on any atom is 0.311 e.